The molecule has 0 aliphatic rings. The summed E-state index contributed by atoms with van der Waals surface area (Å²) in [6.45, 7) is 1.62. The van der Waals surface area contributed by atoms with Gasteiger partial charge >= 0.3 is 6.18 Å². The average Bonchev–Trinajstić information content (AvgIpc) is 2.19. The molecule has 0 saturated carbocycles. The number of ether oxygens (including phenoxy) is 1. The van der Waals surface area contributed by atoms with Gasteiger partial charge in [-0.1, -0.05) is 12.1 Å². The van der Waals surface area contributed by atoms with E-state index in [1.54, 1.807) is 19.1 Å². The first-order valence-corrected chi connectivity index (χ1v) is 4.58. The van der Waals surface area contributed by atoms with E-state index in [1.807, 2.05) is 0 Å². The Morgan fingerprint density at radius 2 is 2.00 bits per heavy atom. The van der Waals surface area contributed by atoms with Crippen molar-refractivity contribution in [3.8, 4) is 5.75 Å². The molecular weight excluding hydrogens is 221 g/mol. The summed E-state index contributed by atoms with van der Waals surface area (Å²) in [5, 5.41) is 0. The molecule has 0 aliphatic carbocycles. The van der Waals surface area contributed by atoms with Crippen LogP contribution in [0.5, 0.6) is 5.75 Å². The Bertz CT molecular complexity index is 397. The number of hydrogen-bond acceptors (Lipinski definition) is 2. The highest BCUT2D eigenvalue weighted by atomic mass is 19.4. The number of ketones is 1. The van der Waals surface area contributed by atoms with E-state index in [0.29, 0.717) is 16.9 Å². The minimum absolute atomic E-state index is 0.335. The van der Waals surface area contributed by atoms with Gasteiger partial charge in [-0.05, 0) is 24.1 Å². The van der Waals surface area contributed by atoms with Crippen LogP contribution in [0.2, 0.25) is 0 Å². The minimum Gasteiger partial charge on any atom is -0.496 e. The third-order valence-corrected chi connectivity index (χ3v) is 2.28. The molecule has 0 amide bonds. The van der Waals surface area contributed by atoms with Crippen molar-refractivity contribution in [2.24, 2.45) is 0 Å². The lowest BCUT2D eigenvalue weighted by atomic mass is 10.0. The SMILES string of the molecule is COc1cccc(CC(=O)C(F)(F)F)c1C. The second-order valence-electron chi connectivity index (χ2n) is 3.34. The van der Waals surface area contributed by atoms with Gasteiger partial charge in [0, 0.05) is 6.42 Å². The van der Waals surface area contributed by atoms with Crippen LogP contribution >= 0.6 is 0 Å². The zero-order valence-corrected chi connectivity index (χ0v) is 8.89. The molecule has 1 rings (SSSR count). The number of carbonyl (C=O) groups is 1. The zero-order valence-electron chi connectivity index (χ0n) is 8.89. The van der Waals surface area contributed by atoms with Gasteiger partial charge in [0.25, 0.3) is 0 Å². The lowest BCUT2D eigenvalue weighted by molar-refractivity contribution is -0.170. The molecule has 5 heteroatoms. The average molecular weight is 232 g/mol. The van der Waals surface area contributed by atoms with Crippen LogP contribution in [0.25, 0.3) is 0 Å². The number of hydrogen-bond donors (Lipinski definition) is 0. The minimum atomic E-state index is -4.78. The van der Waals surface area contributed by atoms with Crippen molar-refractivity contribution in [2.75, 3.05) is 7.11 Å². The molecule has 0 atom stereocenters. The number of halogens is 3. The molecular formula is C11H11F3O2. The number of methoxy groups -OCH3 is 1. The molecule has 88 valence electrons. The summed E-state index contributed by atoms with van der Waals surface area (Å²) < 4.78 is 41.2. The number of alkyl halides is 3. The first kappa shape index (κ1) is 12.5. The fourth-order valence-corrected chi connectivity index (χ4v) is 1.35. The third-order valence-electron chi connectivity index (χ3n) is 2.28. The lowest BCUT2D eigenvalue weighted by Crippen LogP contribution is -2.24. The van der Waals surface area contributed by atoms with Gasteiger partial charge in [-0.25, -0.2) is 0 Å². The van der Waals surface area contributed by atoms with Crippen LogP contribution in [0.4, 0.5) is 13.2 Å². The molecule has 0 spiro atoms. The smallest absolute Gasteiger partial charge is 0.450 e. The summed E-state index contributed by atoms with van der Waals surface area (Å²) in [5.41, 5.74) is 0.893. The van der Waals surface area contributed by atoms with Gasteiger partial charge in [0.15, 0.2) is 0 Å². The van der Waals surface area contributed by atoms with E-state index < -0.39 is 18.4 Å². The molecule has 0 heterocycles. The van der Waals surface area contributed by atoms with Crippen molar-refractivity contribution in [2.45, 2.75) is 19.5 Å². The Labute approximate surface area is 91.0 Å². The first-order chi connectivity index (χ1) is 7.36. The van der Waals surface area contributed by atoms with Gasteiger partial charge in [0.05, 0.1) is 7.11 Å². The maximum absolute atomic E-state index is 12.1. The maximum Gasteiger partial charge on any atom is 0.450 e. The van der Waals surface area contributed by atoms with Crippen molar-refractivity contribution < 1.29 is 22.7 Å². The van der Waals surface area contributed by atoms with Gasteiger partial charge < -0.3 is 4.74 Å². The van der Waals surface area contributed by atoms with Crippen molar-refractivity contribution >= 4 is 5.78 Å². The normalized spacial score (nSPS) is 11.3. The van der Waals surface area contributed by atoms with Crippen LogP contribution in [0.3, 0.4) is 0 Å². The molecule has 0 radical (unpaired) electrons. The largest absolute Gasteiger partial charge is 0.496 e. The third kappa shape index (κ3) is 2.74. The molecule has 1 aromatic carbocycles. The standard InChI is InChI=1S/C11H11F3O2/c1-7-8(4-3-5-9(7)16-2)6-10(15)11(12,13)14/h3-5H,6H2,1-2H3. The van der Waals surface area contributed by atoms with E-state index in [4.69, 9.17) is 4.74 Å². The van der Waals surface area contributed by atoms with Crippen LogP contribution in [-0.4, -0.2) is 19.1 Å². The van der Waals surface area contributed by atoms with Crippen LogP contribution < -0.4 is 4.74 Å². The summed E-state index contributed by atoms with van der Waals surface area (Å²) in [7, 11) is 1.43. The fraction of sp³-hybridized carbons (Fsp3) is 0.364. The van der Waals surface area contributed by atoms with Gasteiger partial charge in [-0.3, -0.25) is 4.79 Å². The molecule has 0 fully saturated rings. The lowest BCUT2D eigenvalue weighted by Gasteiger charge is -2.10. The highest BCUT2D eigenvalue weighted by Gasteiger charge is 2.38. The fourth-order valence-electron chi connectivity index (χ4n) is 1.35. The molecule has 2 nitrogen and oxygen atoms in total. The van der Waals surface area contributed by atoms with Gasteiger partial charge in [-0.15, -0.1) is 0 Å². The molecule has 0 unspecified atom stereocenters. The van der Waals surface area contributed by atoms with E-state index in [-0.39, 0.29) is 0 Å². The summed E-state index contributed by atoms with van der Waals surface area (Å²) >= 11 is 0. The topological polar surface area (TPSA) is 26.3 Å². The number of benzene rings is 1. The van der Waals surface area contributed by atoms with E-state index in [9.17, 15) is 18.0 Å². The first-order valence-electron chi connectivity index (χ1n) is 4.58. The monoisotopic (exact) mass is 232 g/mol. The van der Waals surface area contributed by atoms with Crippen LogP contribution in [0, 0.1) is 6.92 Å². The highest BCUT2D eigenvalue weighted by Crippen LogP contribution is 2.24. The second-order valence-corrected chi connectivity index (χ2v) is 3.34. The Morgan fingerprint density at radius 1 is 1.38 bits per heavy atom. The van der Waals surface area contributed by atoms with E-state index in [1.165, 1.54) is 13.2 Å². The summed E-state index contributed by atoms with van der Waals surface area (Å²) in [4.78, 5) is 10.8. The van der Waals surface area contributed by atoms with Gasteiger partial charge in [0.1, 0.15) is 5.75 Å². The summed E-state index contributed by atoms with van der Waals surface area (Å²) in [6, 6.07) is 4.68. The van der Waals surface area contributed by atoms with Crippen molar-refractivity contribution in [3.63, 3.8) is 0 Å². The predicted molar refractivity (Wildman–Crippen MR) is 52.5 cm³/mol. The predicted octanol–water partition coefficient (Wildman–Crippen LogP) is 2.68. The molecule has 16 heavy (non-hydrogen) atoms. The summed E-state index contributed by atoms with van der Waals surface area (Å²) in [6.07, 6.45) is -5.43. The van der Waals surface area contributed by atoms with E-state index in [0.717, 1.165) is 0 Å². The Hall–Kier alpha value is -1.52. The second kappa shape index (κ2) is 4.55. The number of Topliss-reactive ketones (excluding diaryl/α,β-unsaturated/α-hetero) is 1. The van der Waals surface area contributed by atoms with Crippen molar-refractivity contribution in [1.29, 1.82) is 0 Å². The number of carbonyl (C=O) groups excluding carboxylic acids is 1. The number of rotatable bonds is 3. The Kier molecular flexibility index (Phi) is 3.57. The molecule has 0 aliphatic heterocycles. The molecule has 0 aromatic heterocycles. The van der Waals surface area contributed by atoms with Crippen molar-refractivity contribution in [3.05, 3.63) is 29.3 Å². The Morgan fingerprint density at radius 3 is 2.50 bits per heavy atom. The summed E-state index contributed by atoms with van der Waals surface area (Å²) in [5.74, 6) is -1.27. The van der Waals surface area contributed by atoms with Crippen LogP contribution in [0.15, 0.2) is 18.2 Å². The van der Waals surface area contributed by atoms with Crippen LogP contribution in [-0.2, 0) is 11.2 Å². The van der Waals surface area contributed by atoms with Crippen LogP contribution in [0.1, 0.15) is 11.1 Å². The van der Waals surface area contributed by atoms with Gasteiger partial charge in [0.2, 0.25) is 5.78 Å². The molecule has 0 saturated heterocycles. The van der Waals surface area contributed by atoms with E-state index in [2.05, 4.69) is 0 Å². The molecule has 0 bridgehead atoms. The zero-order chi connectivity index (χ0) is 12.3. The Balaban J connectivity index is 2.94. The maximum atomic E-state index is 12.1. The van der Waals surface area contributed by atoms with Crippen molar-refractivity contribution in [1.82, 2.24) is 0 Å². The molecule has 1 aromatic rings. The van der Waals surface area contributed by atoms with E-state index >= 15 is 0 Å². The van der Waals surface area contributed by atoms with Gasteiger partial charge in [-0.2, -0.15) is 13.2 Å². The highest BCUT2D eigenvalue weighted by molar-refractivity contribution is 5.86. The molecule has 0 N–H and O–H groups in total. The quantitative estimate of drug-likeness (QED) is 0.800.